The van der Waals surface area contributed by atoms with E-state index in [1.54, 1.807) is 20.8 Å². The molecule has 7 heteroatoms. The highest BCUT2D eigenvalue weighted by Crippen LogP contribution is 2.26. The predicted octanol–water partition coefficient (Wildman–Crippen LogP) is 3.22. The van der Waals surface area contributed by atoms with E-state index in [0.717, 1.165) is 3.57 Å². The molecule has 1 aliphatic rings. The van der Waals surface area contributed by atoms with E-state index in [1.165, 1.54) is 12.0 Å². The summed E-state index contributed by atoms with van der Waals surface area (Å²) in [7, 11) is 1.31. The summed E-state index contributed by atoms with van der Waals surface area (Å²) in [6.07, 6.45) is -0.453. The number of hydrogen-bond donors (Lipinski definition) is 0. The fourth-order valence-corrected chi connectivity index (χ4v) is 2.83. The molecule has 1 saturated heterocycles. The first-order valence-electron chi connectivity index (χ1n) is 7.69. The Kier molecular flexibility index (Phi) is 5.95. The first-order chi connectivity index (χ1) is 11.2. The van der Waals surface area contributed by atoms with Crippen molar-refractivity contribution in [3.05, 3.63) is 27.8 Å². The molecule has 0 bridgehead atoms. The zero-order valence-corrected chi connectivity index (χ0v) is 16.4. The second-order valence-electron chi connectivity index (χ2n) is 6.60. The Morgan fingerprint density at radius 1 is 1.21 bits per heavy atom. The fraction of sp³-hybridized carbons (Fsp3) is 0.529. The average Bonchev–Trinajstić information content (AvgIpc) is 2.91. The summed E-state index contributed by atoms with van der Waals surface area (Å²) in [6.45, 7) is 5.63. The molecule has 1 aromatic carbocycles. The molecule has 0 saturated carbocycles. The third-order valence-electron chi connectivity index (χ3n) is 3.48. The van der Waals surface area contributed by atoms with E-state index >= 15 is 0 Å². The molecule has 1 aromatic rings. The van der Waals surface area contributed by atoms with Crippen LogP contribution in [0.2, 0.25) is 0 Å². The molecule has 2 rings (SSSR count). The smallest absolute Gasteiger partial charge is 0.411 e. The zero-order valence-electron chi connectivity index (χ0n) is 14.2. The number of amides is 1. The number of likely N-dealkylation sites (tertiary alicyclic amines) is 1. The largest absolute Gasteiger partial charge is 0.488 e. The van der Waals surface area contributed by atoms with Crippen LogP contribution < -0.4 is 4.74 Å². The summed E-state index contributed by atoms with van der Waals surface area (Å²) in [5.74, 6) is 0.240. The number of carbonyl (C=O) groups excluding carboxylic acids is 2. The Bertz CT molecular complexity index is 596. The van der Waals surface area contributed by atoms with Gasteiger partial charge in [-0.1, -0.05) is 0 Å². The number of halogens is 1. The zero-order chi connectivity index (χ0) is 17.9. The van der Waals surface area contributed by atoms with E-state index in [9.17, 15) is 9.59 Å². The highest BCUT2D eigenvalue weighted by molar-refractivity contribution is 14.1. The van der Waals surface area contributed by atoms with Crippen molar-refractivity contribution in [1.29, 1.82) is 0 Å². The number of esters is 1. The molecule has 1 heterocycles. The van der Waals surface area contributed by atoms with Gasteiger partial charge >= 0.3 is 12.1 Å². The molecule has 0 aromatic heterocycles. The molecule has 0 radical (unpaired) electrons. The summed E-state index contributed by atoms with van der Waals surface area (Å²) in [6, 6.07) is 6.91. The van der Waals surface area contributed by atoms with Gasteiger partial charge in [0.2, 0.25) is 0 Å². The minimum absolute atomic E-state index is 0.278. The predicted molar refractivity (Wildman–Crippen MR) is 96.9 cm³/mol. The Labute approximate surface area is 155 Å². The second kappa shape index (κ2) is 7.58. The number of benzene rings is 1. The monoisotopic (exact) mass is 447 g/mol. The van der Waals surface area contributed by atoms with Crippen LogP contribution in [0.25, 0.3) is 0 Å². The summed E-state index contributed by atoms with van der Waals surface area (Å²) < 4.78 is 17.2. The van der Waals surface area contributed by atoms with Crippen LogP contribution in [-0.4, -0.2) is 48.4 Å². The van der Waals surface area contributed by atoms with Gasteiger partial charge in [-0.05, 0) is 67.6 Å². The Morgan fingerprint density at radius 3 is 2.38 bits per heavy atom. The summed E-state index contributed by atoms with van der Waals surface area (Å²) in [5, 5.41) is 0. The van der Waals surface area contributed by atoms with Crippen molar-refractivity contribution in [3.63, 3.8) is 0 Å². The molecule has 24 heavy (non-hydrogen) atoms. The molecule has 1 fully saturated rings. The second-order valence-corrected chi connectivity index (χ2v) is 7.85. The number of methoxy groups -OCH3 is 1. The first-order valence-corrected chi connectivity index (χ1v) is 8.77. The van der Waals surface area contributed by atoms with Gasteiger partial charge < -0.3 is 14.2 Å². The lowest BCUT2D eigenvalue weighted by Gasteiger charge is -2.27. The fourth-order valence-electron chi connectivity index (χ4n) is 2.47. The van der Waals surface area contributed by atoms with Gasteiger partial charge in [-0.3, -0.25) is 4.90 Å². The van der Waals surface area contributed by atoms with Crippen LogP contribution in [-0.2, 0) is 14.3 Å². The van der Waals surface area contributed by atoms with E-state index in [1.807, 2.05) is 24.3 Å². The summed E-state index contributed by atoms with van der Waals surface area (Å²) in [5.41, 5.74) is -0.632. The van der Waals surface area contributed by atoms with Gasteiger partial charge in [-0.25, -0.2) is 9.59 Å². The Hall–Kier alpha value is -1.51. The molecule has 0 aliphatic carbocycles. The van der Waals surface area contributed by atoms with Gasteiger partial charge in [-0.2, -0.15) is 0 Å². The highest BCUT2D eigenvalue weighted by atomic mass is 127. The van der Waals surface area contributed by atoms with Crippen molar-refractivity contribution in [3.8, 4) is 5.75 Å². The van der Waals surface area contributed by atoms with Crippen molar-refractivity contribution in [2.75, 3.05) is 13.7 Å². The van der Waals surface area contributed by atoms with Crippen LogP contribution in [0.3, 0.4) is 0 Å². The SMILES string of the molecule is COC(=O)C1CC(Oc2ccc(I)cc2)CN1C(=O)OC(C)(C)C. The van der Waals surface area contributed by atoms with E-state index in [-0.39, 0.29) is 12.6 Å². The van der Waals surface area contributed by atoms with E-state index in [4.69, 9.17) is 14.2 Å². The van der Waals surface area contributed by atoms with Crippen LogP contribution in [0.1, 0.15) is 27.2 Å². The number of hydrogen-bond acceptors (Lipinski definition) is 5. The van der Waals surface area contributed by atoms with Crippen LogP contribution in [0.5, 0.6) is 5.75 Å². The lowest BCUT2D eigenvalue weighted by molar-refractivity contribution is -0.145. The minimum Gasteiger partial charge on any atom is -0.488 e. The van der Waals surface area contributed by atoms with Crippen molar-refractivity contribution in [2.45, 2.75) is 44.9 Å². The van der Waals surface area contributed by atoms with Gasteiger partial charge in [0.1, 0.15) is 23.5 Å². The van der Waals surface area contributed by atoms with Gasteiger partial charge in [0, 0.05) is 9.99 Å². The van der Waals surface area contributed by atoms with Gasteiger partial charge in [-0.15, -0.1) is 0 Å². The van der Waals surface area contributed by atoms with Crippen LogP contribution >= 0.6 is 22.6 Å². The number of carbonyl (C=O) groups is 2. The van der Waals surface area contributed by atoms with Crippen LogP contribution in [0.15, 0.2) is 24.3 Å². The molecular weight excluding hydrogens is 425 g/mol. The Balaban J connectivity index is 2.09. The Morgan fingerprint density at radius 2 is 1.83 bits per heavy atom. The van der Waals surface area contributed by atoms with Crippen molar-refractivity contribution >= 4 is 34.7 Å². The van der Waals surface area contributed by atoms with E-state index in [0.29, 0.717) is 12.2 Å². The van der Waals surface area contributed by atoms with E-state index in [2.05, 4.69) is 22.6 Å². The highest BCUT2D eigenvalue weighted by Gasteiger charge is 2.43. The van der Waals surface area contributed by atoms with Crippen molar-refractivity contribution in [2.24, 2.45) is 0 Å². The van der Waals surface area contributed by atoms with Gasteiger partial charge in [0.15, 0.2) is 0 Å². The molecule has 6 nitrogen and oxygen atoms in total. The topological polar surface area (TPSA) is 65.1 Å². The summed E-state index contributed by atoms with van der Waals surface area (Å²) >= 11 is 2.22. The first kappa shape index (κ1) is 18.8. The molecule has 2 unspecified atom stereocenters. The lowest BCUT2D eigenvalue weighted by Crippen LogP contribution is -2.44. The summed E-state index contributed by atoms with van der Waals surface area (Å²) in [4.78, 5) is 25.8. The van der Waals surface area contributed by atoms with Gasteiger partial charge in [0.25, 0.3) is 0 Å². The normalized spacial score (nSPS) is 20.6. The molecule has 0 N–H and O–H groups in total. The van der Waals surface area contributed by atoms with Crippen LogP contribution in [0.4, 0.5) is 4.79 Å². The molecule has 1 amide bonds. The third kappa shape index (κ3) is 4.99. The third-order valence-corrected chi connectivity index (χ3v) is 4.20. The molecular formula is C17H22INO5. The molecule has 132 valence electrons. The maximum atomic E-state index is 12.4. The number of ether oxygens (including phenoxy) is 3. The maximum absolute atomic E-state index is 12.4. The number of nitrogens with zero attached hydrogens (tertiary/aromatic N) is 1. The van der Waals surface area contributed by atoms with Gasteiger partial charge in [0.05, 0.1) is 13.7 Å². The van der Waals surface area contributed by atoms with E-state index < -0.39 is 23.7 Å². The molecule has 2 atom stereocenters. The lowest BCUT2D eigenvalue weighted by atomic mass is 10.2. The van der Waals surface area contributed by atoms with Crippen LogP contribution in [0, 0.1) is 3.57 Å². The quantitative estimate of drug-likeness (QED) is 0.526. The standard InChI is InChI=1S/C17H22INO5/c1-17(2,3)24-16(21)19-10-13(9-14(19)15(20)22-4)23-12-7-5-11(18)6-8-12/h5-8,13-14H,9-10H2,1-4H3. The average molecular weight is 447 g/mol. The molecule has 1 aliphatic heterocycles. The van der Waals surface area contributed by atoms with Crippen molar-refractivity contribution in [1.82, 2.24) is 4.90 Å². The maximum Gasteiger partial charge on any atom is 0.411 e. The molecule has 0 spiro atoms. The van der Waals surface area contributed by atoms with Crippen molar-refractivity contribution < 1.29 is 23.8 Å². The number of rotatable bonds is 3. The minimum atomic E-state index is -0.696.